The van der Waals surface area contributed by atoms with Gasteiger partial charge in [0.15, 0.2) is 17.5 Å². The molecular formula is C54H90N12O3. The van der Waals surface area contributed by atoms with E-state index < -0.39 is 16.6 Å². The van der Waals surface area contributed by atoms with Crippen LogP contribution in [-0.4, -0.2) is 191 Å². The first-order valence-electron chi connectivity index (χ1n) is 26.7. The van der Waals surface area contributed by atoms with Crippen LogP contribution < -0.4 is 0 Å². The molecule has 0 N–H and O–H groups in total. The van der Waals surface area contributed by atoms with E-state index >= 15 is 0 Å². The van der Waals surface area contributed by atoms with Crippen molar-refractivity contribution in [2.75, 3.05) is 60.4 Å². The highest BCUT2D eigenvalue weighted by atomic mass is 16.2. The summed E-state index contributed by atoms with van der Waals surface area (Å²) in [4.78, 5) is 89.3. The Kier molecular flexibility index (Phi) is 15.5. The van der Waals surface area contributed by atoms with E-state index in [0.29, 0.717) is 54.2 Å². The molecule has 3 aliphatic heterocycles. The molecule has 1 aromatic rings. The van der Waals surface area contributed by atoms with Crippen LogP contribution in [0.2, 0.25) is 0 Å². The third kappa shape index (κ3) is 11.2. The molecule has 0 radical (unpaired) electrons. The first-order chi connectivity index (χ1) is 32.1. The molecule has 0 unspecified atom stereocenters. The monoisotopic (exact) mass is 955 g/mol. The maximum absolute atomic E-state index is 14.6. The molecule has 0 aromatic carbocycles. The lowest BCUT2D eigenvalue weighted by Gasteiger charge is -2.53. The molecule has 15 heteroatoms. The lowest BCUT2D eigenvalue weighted by atomic mass is 9.87. The third-order valence-electron chi connectivity index (χ3n) is 17.6. The second kappa shape index (κ2) is 20.1. The molecule has 4 heterocycles. The number of carbonyl (C=O) groups excluding carboxylic acids is 3. The molecule has 0 spiro atoms. The topological polar surface area (TPSA) is 146 Å². The van der Waals surface area contributed by atoms with E-state index in [1.54, 1.807) is 0 Å². The first kappa shape index (κ1) is 53.1. The molecule has 6 fully saturated rings. The average molecular weight is 955 g/mol. The number of aromatic nitrogens is 3. The molecule has 7 rings (SSSR count). The Morgan fingerprint density at radius 2 is 0.623 bits per heavy atom. The van der Waals surface area contributed by atoms with Gasteiger partial charge in [0.25, 0.3) is 0 Å². The fourth-order valence-electron chi connectivity index (χ4n) is 12.3. The van der Waals surface area contributed by atoms with Crippen LogP contribution in [0, 0.1) is 0 Å². The van der Waals surface area contributed by atoms with Crippen LogP contribution in [0.4, 0.5) is 0 Å². The van der Waals surface area contributed by atoms with Crippen LogP contribution in [0.1, 0.15) is 197 Å². The molecule has 0 bridgehead atoms. The smallest absolute Gasteiger partial charge is 0.242 e. The number of rotatable bonds is 12. The minimum absolute atomic E-state index is 0.0342. The maximum atomic E-state index is 14.6. The van der Waals surface area contributed by atoms with Gasteiger partial charge in [-0.15, -0.1) is 0 Å². The second-order valence-corrected chi connectivity index (χ2v) is 25.2. The molecule has 15 nitrogen and oxygen atoms in total. The summed E-state index contributed by atoms with van der Waals surface area (Å²) in [7, 11) is 6.12. The summed E-state index contributed by atoms with van der Waals surface area (Å²) in [6, 6.07) is 0.185. The van der Waals surface area contributed by atoms with Crippen LogP contribution in [0.5, 0.6) is 0 Å². The van der Waals surface area contributed by atoms with E-state index in [0.717, 1.165) is 77.0 Å². The van der Waals surface area contributed by atoms with Crippen molar-refractivity contribution in [2.24, 2.45) is 15.0 Å². The lowest BCUT2D eigenvalue weighted by Crippen LogP contribution is -2.70. The molecule has 0 atom stereocenters. The number of nitrogens with zero attached hydrogens (tertiary/aromatic N) is 12. The van der Waals surface area contributed by atoms with Crippen molar-refractivity contribution >= 4 is 34.9 Å². The quantitative estimate of drug-likeness (QED) is 0.198. The Labute approximate surface area is 415 Å². The molecule has 3 aliphatic carbocycles. The lowest BCUT2D eigenvalue weighted by molar-refractivity contribution is -0.156. The van der Waals surface area contributed by atoms with Crippen molar-refractivity contribution in [1.29, 1.82) is 0 Å². The molecule has 1 aromatic heterocycles. The summed E-state index contributed by atoms with van der Waals surface area (Å²) < 4.78 is 0. The number of piperazine rings is 3. The Balaban J connectivity index is 1.45. The van der Waals surface area contributed by atoms with Crippen LogP contribution in [0.3, 0.4) is 0 Å². The summed E-state index contributed by atoms with van der Waals surface area (Å²) in [6.07, 6.45) is 15.8. The van der Waals surface area contributed by atoms with Crippen molar-refractivity contribution in [3.8, 4) is 0 Å². The van der Waals surface area contributed by atoms with Gasteiger partial charge < -0.3 is 14.7 Å². The van der Waals surface area contributed by atoms with Gasteiger partial charge >= 0.3 is 0 Å². The van der Waals surface area contributed by atoms with Crippen molar-refractivity contribution < 1.29 is 14.4 Å². The Morgan fingerprint density at radius 3 is 0.841 bits per heavy atom. The minimum Gasteiger partial charge on any atom is -0.333 e. The number of aliphatic imine (C=N–C) groups is 3. The Hall–Kier alpha value is -3.69. The van der Waals surface area contributed by atoms with E-state index in [2.05, 4.69) is 56.2 Å². The number of likely N-dealkylation sites (N-methyl/N-ethyl adjacent to an activating group) is 3. The molecule has 3 amide bonds. The minimum atomic E-state index is -0.750. The predicted molar refractivity (Wildman–Crippen MR) is 278 cm³/mol. The van der Waals surface area contributed by atoms with Crippen molar-refractivity contribution in [1.82, 2.24) is 44.4 Å². The third-order valence-corrected chi connectivity index (χ3v) is 17.6. The van der Waals surface area contributed by atoms with E-state index in [4.69, 9.17) is 29.9 Å². The molecule has 3 saturated heterocycles. The average Bonchev–Trinajstić information content (AvgIpc) is 3.30. The van der Waals surface area contributed by atoms with Crippen LogP contribution in [0.15, 0.2) is 15.0 Å². The maximum Gasteiger partial charge on any atom is 0.242 e. The van der Waals surface area contributed by atoms with Crippen LogP contribution >= 0.6 is 0 Å². The number of amides is 3. The van der Waals surface area contributed by atoms with E-state index in [9.17, 15) is 14.4 Å². The van der Waals surface area contributed by atoms with Gasteiger partial charge in [-0.2, -0.15) is 0 Å². The summed E-state index contributed by atoms with van der Waals surface area (Å²) in [6.45, 7) is 27.4. The van der Waals surface area contributed by atoms with Gasteiger partial charge in [0.1, 0.15) is 0 Å². The Bertz CT molecular complexity index is 1900. The van der Waals surface area contributed by atoms with Gasteiger partial charge in [-0.1, -0.05) is 57.8 Å². The summed E-state index contributed by atoms with van der Waals surface area (Å²) >= 11 is 0. The summed E-state index contributed by atoms with van der Waals surface area (Å²) in [5, 5.41) is 0. The molecule has 384 valence electrons. The highest BCUT2D eigenvalue weighted by Crippen LogP contribution is 2.35. The zero-order valence-corrected chi connectivity index (χ0v) is 45.7. The number of hydrogen-bond donors (Lipinski definition) is 0. The van der Waals surface area contributed by atoms with Crippen molar-refractivity contribution in [3.63, 3.8) is 0 Å². The highest BCUT2D eigenvalue weighted by molar-refractivity contribution is 6.07. The standard InChI is InChI=1S/C54H90N12O3/c1-49(2)34-64(46(67)52(7,8)61(49)13)31-40(55-37-25-19-16-20-26-37)43-58-44(41(56-38-27-21-17-22-28-38)32-65-35-50(3,4)62(14)53(9,10)47(65)68)60-45(59-43)42(57-39-29-23-18-24-30-39)33-66-36-51(5,6)63(15)54(11,12)48(66)69/h37-39H,16-36H2,1-15H3. The van der Waals surface area contributed by atoms with E-state index in [1.807, 2.05) is 77.4 Å². The predicted octanol–water partition coefficient (Wildman–Crippen LogP) is 7.23. The SMILES string of the molecule is CN1C(C)(C)CN(CC(=NC2CCCCC2)c2nc(C(CN3CC(C)(C)N(C)C(C)(C)C3=O)=NC3CCCCC3)nc(C(CN3CC(C)(C)N(C)C(C)(C)C3=O)=NC3CCCCC3)n2)C(=O)C1(C)C. The second-order valence-electron chi connectivity index (χ2n) is 25.2. The normalized spacial score (nSPS) is 27.1. The molecule has 3 saturated carbocycles. The highest BCUT2D eigenvalue weighted by Gasteiger charge is 2.51. The van der Waals surface area contributed by atoms with Gasteiger partial charge in [-0.25, -0.2) is 15.0 Å². The van der Waals surface area contributed by atoms with Crippen LogP contribution in [0.25, 0.3) is 0 Å². The molecule has 69 heavy (non-hydrogen) atoms. The number of carbonyl (C=O) groups is 3. The zero-order valence-electron chi connectivity index (χ0n) is 45.7. The number of hydrogen-bond acceptors (Lipinski definition) is 12. The van der Waals surface area contributed by atoms with E-state index in [1.165, 1.54) is 19.3 Å². The first-order valence-corrected chi connectivity index (χ1v) is 26.7. The van der Waals surface area contributed by atoms with E-state index in [-0.39, 0.29) is 72.1 Å². The van der Waals surface area contributed by atoms with Crippen molar-refractivity contribution in [3.05, 3.63) is 17.5 Å². The summed E-state index contributed by atoms with van der Waals surface area (Å²) in [5.41, 5.74) is -1.22. The zero-order chi connectivity index (χ0) is 50.5. The fraction of sp³-hybridized carbons (Fsp3) is 0.833. The molecule has 6 aliphatic rings. The summed E-state index contributed by atoms with van der Waals surface area (Å²) in [5.74, 6) is 1.33. The largest absolute Gasteiger partial charge is 0.333 e. The van der Waals surface area contributed by atoms with Gasteiger partial charge in [0.05, 0.1) is 71.5 Å². The van der Waals surface area contributed by atoms with Gasteiger partial charge in [0, 0.05) is 36.3 Å². The van der Waals surface area contributed by atoms with Crippen LogP contribution in [-0.2, 0) is 14.4 Å². The van der Waals surface area contributed by atoms with Crippen molar-refractivity contribution in [2.45, 2.75) is 231 Å². The Morgan fingerprint density at radius 1 is 0.406 bits per heavy atom. The van der Waals surface area contributed by atoms with Gasteiger partial charge in [-0.3, -0.25) is 44.1 Å². The van der Waals surface area contributed by atoms with Gasteiger partial charge in [-0.05, 0) is 143 Å². The fourth-order valence-corrected chi connectivity index (χ4v) is 12.3. The molecular weight excluding hydrogens is 865 g/mol. The van der Waals surface area contributed by atoms with Gasteiger partial charge in [0.2, 0.25) is 17.7 Å².